The molecule has 1 aliphatic rings. The van der Waals surface area contributed by atoms with Crippen molar-refractivity contribution in [3.63, 3.8) is 0 Å². The lowest BCUT2D eigenvalue weighted by atomic mass is 10.4. The molecule has 0 amide bonds. The van der Waals surface area contributed by atoms with Crippen LogP contribution in [0, 0.1) is 0 Å². The Balaban J connectivity index is 2.10. The lowest BCUT2D eigenvalue weighted by Gasteiger charge is -2.16. The number of aliphatic hydroxyl groups excluding tert-OH is 1. The molecule has 0 aromatic rings. The van der Waals surface area contributed by atoms with Gasteiger partial charge in [-0.15, -0.1) is 0 Å². The molecule has 1 N–H and O–H groups in total. The second kappa shape index (κ2) is 6.07. The summed E-state index contributed by atoms with van der Waals surface area (Å²) in [7, 11) is 3.24. The van der Waals surface area contributed by atoms with Gasteiger partial charge in [-0.2, -0.15) is 0 Å². The van der Waals surface area contributed by atoms with E-state index in [9.17, 15) is 0 Å². The molecule has 1 rings (SSSR count). The first kappa shape index (κ1) is 10.6. The van der Waals surface area contributed by atoms with Gasteiger partial charge in [-0.25, -0.2) is 0 Å². The maximum atomic E-state index is 8.55. The summed E-state index contributed by atoms with van der Waals surface area (Å²) in [6.45, 7) is 2.47. The van der Waals surface area contributed by atoms with Crippen molar-refractivity contribution in [2.24, 2.45) is 0 Å². The largest absolute Gasteiger partial charge is 0.395 e. The van der Waals surface area contributed by atoms with Crippen LogP contribution in [-0.4, -0.2) is 39.8 Å². The van der Waals surface area contributed by atoms with Crippen molar-refractivity contribution < 1.29 is 5.11 Å². The molecule has 12 heavy (non-hydrogen) atoms. The Labute approximate surface area is 86.5 Å². The van der Waals surface area contributed by atoms with Gasteiger partial charge >= 0.3 is 0 Å². The molecule has 0 aromatic heterocycles. The second-order valence-electron chi connectivity index (χ2n) is 2.59. The molecule has 1 heterocycles. The monoisotopic (exact) mass is 223 g/mol. The van der Waals surface area contributed by atoms with Crippen LogP contribution < -0.4 is 0 Å². The van der Waals surface area contributed by atoms with Crippen molar-refractivity contribution in [1.29, 1.82) is 0 Å². The van der Waals surface area contributed by atoms with E-state index in [1.165, 1.54) is 12.8 Å². The summed E-state index contributed by atoms with van der Waals surface area (Å²) < 4.78 is 0.978. The number of likely N-dealkylation sites (tertiary alicyclic amines) is 1. The Bertz CT molecular complexity index is 148. The smallest absolute Gasteiger partial charge is 0.147 e. The van der Waals surface area contributed by atoms with Crippen LogP contribution >= 0.6 is 33.8 Å². The summed E-state index contributed by atoms with van der Waals surface area (Å²) in [5.74, 6) is 0.763. The summed E-state index contributed by atoms with van der Waals surface area (Å²) in [5.41, 5.74) is 0. The molecule has 70 valence electrons. The molecule has 1 aliphatic heterocycles. The Hall–Kier alpha value is 0.550. The van der Waals surface area contributed by atoms with E-state index >= 15 is 0 Å². The first-order chi connectivity index (χ1) is 5.84. The molecular formula is C7H13NOS3. The van der Waals surface area contributed by atoms with Crippen molar-refractivity contribution in [2.75, 3.05) is 25.4 Å². The summed E-state index contributed by atoms with van der Waals surface area (Å²) in [5, 5.41) is 8.55. The molecule has 0 spiro atoms. The SMILES string of the molecule is OCCSSC(=S)N1CCCC1. The van der Waals surface area contributed by atoms with Crippen molar-refractivity contribution in [1.82, 2.24) is 4.90 Å². The summed E-state index contributed by atoms with van der Waals surface area (Å²) in [6.07, 6.45) is 2.54. The van der Waals surface area contributed by atoms with Gasteiger partial charge < -0.3 is 10.0 Å². The highest BCUT2D eigenvalue weighted by molar-refractivity contribution is 8.83. The van der Waals surface area contributed by atoms with E-state index < -0.39 is 0 Å². The minimum atomic E-state index is 0.236. The van der Waals surface area contributed by atoms with E-state index in [0.717, 1.165) is 23.2 Å². The standard InChI is InChI=1S/C7H13NOS3/c9-5-6-11-12-7(10)8-3-1-2-4-8/h9H,1-6H2. The van der Waals surface area contributed by atoms with Gasteiger partial charge in [-0.1, -0.05) is 23.0 Å². The Morgan fingerprint density at radius 1 is 1.42 bits per heavy atom. The molecule has 0 aromatic carbocycles. The fourth-order valence-corrected chi connectivity index (χ4v) is 3.34. The second-order valence-corrected chi connectivity index (χ2v) is 5.64. The molecule has 0 aliphatic carbocycles. The van der Waals surface area contributed by atoms with Gasteiger partial charge in [-0.3, -0.25) is 0 Å². The molecule has 1 saturated heterocycles. The third-order valence-corrected chi connectivity index (χ3v) is 4.69. The summed E-state index contributed by atoms with van der Waals surface area (Å²) in [4.78, 5) is 2.24. The third-order valence-electron chi connectivity index (χ3n) is 1.67. The molecule has 1 fully saturated rings. The molecule has 2 nitrogen and oxygen atoms in total. The highest BCUT2D eigenvalue weighted by atomic mass is 33.1. The lowest BCUT2D eigenvalue weighted by molar-refractivity contribution is 0.323. The molecule has 0 saturated carbocycles. The normalized spacial score (nSPS) is 16.9. The lowest BCUT2D eigenvalue weighted by Crippen LogP contribution is -2.22. The van der Waals surface area contributed by atoms with Crippen LogP contribution in [-0.2, 0) is 0 Å². The van der Waals surface area contributed by atoms with Gasteiger partial charge in [0.25, 0.3) is 0 Å². The van der Waals surface area contributed by atoms with E-state index in [1.54, 1.807) is 21.6 Å². The van der Waals surface area contributed by atoms with Gasteiger partial charge in [0.05, 0.1) is 6.61 Å². The van der Waals surface area contributed by atoms with Gasteiger partial charge in [0, 0.05) is 18.8 Å². The van der Waals surface area contributed by atoms with E-state index in [4.69, 9.17) is 17.3 Å². The van der Waals surface area contributed by atoms with Gasteiger partial charge in [0.1, 0.15) is 4.32 Å². The fourth-order valence-electron chi connectivity index (χ4n) is 1.08. The van der Waals surface area contributed by atoms with Crippen LogP contribution in [0.4, 0.5) is 0 Å². The Morgan fingerprint density at radius 2 is 2.08 bits per heavy atom. The number of hydrogen-bond donors (Lipinski definition) is 1. The minimum absolute atomic E-state index is 0.236. The zero-order valence-electron chi connectivity index (χ0n) is 6.86. The maximum Gasteiger partial charge on any atom is 0.147 e. The van der Waals surface area contributed by atoms with Crippen molar-refractivity contribution in [2.45, 2.75) is 12.8 Å². The first-order valence-corrected chi connectivity index (χ1v) is 6.76. The average molecular weight is 223 g/mol. The predicted octanol–water partition coefficient (Wildman–Crippen LogP) is 1.74. The topological polar surface area (TPSA) is 23.5 Å². The van der Waals surface area contributed by atoms with Crippen LogP contribution in [0.3, 0.4) is 0 Å². The van der Waals surface area contributed by atoms with Gasteiger partial charge in [-0.05, 0) is 23.6 Å². The molecule has 0 bridgehead atoms. The van der Waals surface area contributed by atoms with Crippen molar-refractivity contribution >= 4 is 38.1 Å². The maximum absolute atomic E-state index is 8.55. The highest BCUT2D eigenvalue weighted by Crippen LogP contribution is 2.26. The number of rotatable bonds is 3. The molecule has 0 radical (unpaired) electrons. The summed E-state index contributed by atoms with van der Waals surface area (Å²) >= 11 is 5.21. The third kappa shape index (κ3) is 3.51. The summed E-state index contributed by atoms with van der Waals surface area (Å²) in [6, 6.07) is 0. The van der Waals surface area contributed by atoms with Crippen LogP contribution in [0.5, 0.6) is 0 Å². The number of hydrogen-bond acceptors (Lipinski definition) is 4. The molecule has 5 heteroatoms. The highest BCUT2D eigenvalue weighted by Gasteiger charge is 2.14. The van der Waals surface area contributed by atoms with E-state index in [1.807, 2.05) is 0 Å². The minimum Gasteiger partial charge on any atom is -0.395 e. The van der Waals surface area contributed by atoms with Gasteiger partial charge in [0.2, 0.25) is 0 Å². The fraction of sp³-hybridized carbons (Fsp3) is 0.857. The van der Waals surface area contributed by atoms with Gasteiger partial charge in [0.15, 0.2) is 0 Å². The molecule has 0 atom stereocenters. The van der Waals surface area contributed by atoms with Crippen molar-refractivity contribution in [3.05, 3.63) is 0 Å². The van der Waals surface area contributed by atoms with Crippen LogP contribution in [0.2, 0.25) is 0 Å². The number of nitrogens with zero attached hydrogens (tertiary/aromatic N) is 1. The van der Waals surface area contributed by atoms with Crippen LogP contribution in [0.15, 0.2) is 0 Å². The van der Waals surface area contributed by atoms with E-state index in [0.29, 0.717) is 0 Å². The van der Waals surface area contributed by atoms with E-state index in [-0.39, 0.29) is 6.61 Å². The Morgan fingerprint density at radius 3 is 2.67 bits per heavy atom. The molecule has 0 unspecified atom stereocenters. The quantitative estimate of drug-likeness (QED) is 0.446. The zero-order chi connectivity index (χ0) is 8.81. The molecular weight excluding hydrogens is 210 g/mol. The first-order valence-electron chi connectivity index (χ1n) is 4.04. The zero-order valence-corrected chi connectivity index (χ0v) is 9.31. The van der Waals surface area contributed by atoms with Crippen LogP contribution in [0.25, 0.3) is 0 Å². The van der Waals surface area contributed by atoms with Crippen molar-refractivity contribution in [3.8, 4) is 0 Å². The average Bonchev–Trinajstić information content (AvgIpc) is 2.56. The Kier molecular flexibility index (Phi) is 5.38. The van der Waals surface area contributed by atoms with Crippen LogP contribution in [0.1, 0.15) is 12.8 Å². The van der Waals surface area contributed by atoms with E-state index in [2.05, 4.69) is 4.90 Å². The number of thiocarbonyl (C=S) groups is 1. The predicted molar refractivity (Wildman–Crippen MR) is 60.5 cm³/mol. The number of aliphatic hydroxyl groups is 1.